The van der Waals surface area contributed by atoms with Gasteiger partial charge in [0, 0.05) is 19.0 Å². The Kier molecular flexibility index (Phi) is 3.50. The first-order valence-corrected chi connectivity index (χ1v) is 7.71. The highest BCUT2D eigenvalue weighted by Crippen LogP contribution is 2.40. The third-order valence-corrected chi connectivity index (χ3v) is 4.04. The summed E-state index contributed by atoms with van der Waals surface area (Å²) in [6.45, 7) is 6.24. The minimum atomic E-state index is -0.727. The third kappa shape index (κ3) is 3.11. The van der Waals surface area contributed by atoms with Crippen molar-refractivity contribution in [2.24, 2.45) is 0 Å². The standard InChI is InChI=1S/C17H21NO5/c1-16(2,3)23-15(21)18-7-6-17(10-18)9-13(20)12-5-4-11(19)8-14(12)22-17/h4-5,8,19H,6-7,9-10H2,1-3H3/t17-/m0/s1. The molecule has 1 spiro atoms. The molecule has 6 heteroatoms. The van der Waals surface area contributed by atoms with E-state index in [4.69, 9.17) is 9.47 Å². The summed E-state index contributed by atoms with van der Waals surface area (Å²) in [5.74, 6) is 0.403. The van der Waals surface area contributed by atoms with Crippen LogP contribution in [0.4, 0.5) is 4.79 Å². The number of phenolic OH excluding ortho intramolecular Hbond substituents is 1. The fourth-order valence-corrected chi connectivity index (χ4v) is 3.04. The van der Waals surface area contributed by atoms with E-state index in [1.165, 1.54) is 12.1 Å². The number of nitrogens with zero attached hydrogens (tertiary/aromatic N) is 1. The van der Waals surface area contributed by atoms with Gasteiger partial charge < -0.3 is 19.5 Å². The molecule has 2 aliphatic heterocycles. The van der Waals surface area contributed by atoms with Crippen molar-refractivity contribution in [3.05, 3.63) is 23.8 Å². The lowest BCUT2D eigenvalue weighted by molar-refractivity contribution is 0.0171. The molecule has 23 heavy (non-hydrogen) atoms. The largest absolute Gasteiger partial charge is 0.508 e. The summed E-state index contributed by atoms with van der Waals surface area (Å²) in [6.07, 6.45) is 0.393. The number of aromatic hydroxyl groups is 1. The van der Waals surface area contributed by atoms with E-state index in [-0.39, 0.29) is 18.0 Å². The van der Waals surface area contributed by atoms with Crippen molar-refractivity contribution < 1.29 is 24.2 Å². The SMILES string of the molecule is CC(C)(C)OC(=O)N1CC[C@]2(CC(=O)c3ccc(O)cc3O2)C1. The maximum absolute atomic E-state index is 12.4. The van der Waals surface area contributed by atoms with Gasteiger partial charge >= 0.3 is 6.09 Å². The molecule has 2 aliphatic rings. The number of hydrogen-bond acceptors (Lipinski definition) is 5. The number of rotatable bonds is 0. The number of likely N-dealkylation sites (tertiary alicyclic amines) is 1. The number of Topliss-reactive ketones (excluding diaryl/α,β-unsaturated/α-hetero) is 1. The van der Waals surface area contributed by atoms with Crippen LogP contribution in [0.15, 0.2) is 18.2 Å². The van der Waals surface area contributed by atoms with Crippen molar-refractivity contribution in [2.45, 2.75) is 44.8 Å². The van der Waals surface area contributed by atoms with Gasteiger partial charge in [-0.1, -0.05) is 0 Å². The Labute approximate surface area is 135 Å². The molecule has 124 valence electrons. The number of carbonyl (C=O) groups excluding carboxylic acids is 2. The Morgan fingerprint density at radius 1 is 1.39 bits per heavy atom. The average molecular weight is 319 g/mol. The van der Waals surface area contributed by atoms with Crippen molar-refractivity contribution in [2.75, 3.05) is 13.1 Å². The van der Waals surface area contributed by atoms with Crippen LogP contribution in [0, 0.1) is 0 Å². The number of carbonyl (C=O) groups is 2. The smallest absolute Gasteiger partial charge is 0.410 e. The summed E-state index contributed by atoms with van der Waals surface area (Å²) in [6, 6.07) is 4.49. The first-order valence-electron chi connectivity index (χ1n) is 7.71. The van der Waals surface area contributed by atoms with E-state index < -0.39 is 17.3 Å². The van der Waals surface area contributed by atoms with Gasteiger partial charge in [-0.05, 0) is 32.9 Å². The number of ketones is 1. The minimum absolute atomic E-state index is 0.0303. The topological polar surface area (TPSA) is 76.1 Å². The van der Waals surface area contributed by atoms with Crippen molar-refractivity contribution in [1.29, 1.82) is 0 Å². The molecule has 0 aromatic heterocycles. The second-order valence-electron chi connectivity index (χ2n) is 7.22. The predicted octanol–water partition coefficient (Wildman–Crippen LogP) is 2.74. The van der Waals surface area contributed by atoms with Crippen LogP contribution in [0.2, 0.25) is 0 Å². The van der Waals surface area contributed by atoms with Gasteiger partial charge in [0.15, 0.2) is 5.78 Å². The lowest BCUT2D eigenvalue weighted by Crippen LogP contribution is -2.46. The number of amides is 1. The summed E-state index contributed by atoms with van der Waals surface area (Å²) in [4.78, 5) is 26.1. The maximum Gasteiger partial charge on any atom is 0.410 e. The molecule has 1 fully saturated rings. The van der Waals surface area contributed by atoms with Gasteiger partial charge in [0.05, 0.1) is 18.5 Å². The van der Waals surface area contributed by atoms with Crippen molar-refractivity contribution in [3.63, 3.8) is 0 Å². The average Bonchev–Trinajstić information content (AvgIpc) is 2.79. The first-order chi connectivity index (χ1) is 10.7. The Morgan fingerprint density at radius 2 is 2.13 bits per heavy atom. The van der Waals surface area contributed by atoms with Gasteiger partial charge in [0.2, 0.25) is 0 Å². The molecule has 0 bridgehead atoms. The van der Waals surface area contributed by atoms with Crippen molar-refractivity contribution in [3.8, 4) is 11.5 Å². The first kappa shape index (κ1) is 15.6. The minimum Gasteiger partial charge on any atom is -0.508 e. The number of fused-ring (bicyclic) bond motifs is 1. The summed E-state index contributed by atoms with van der Waals surface area (Å²) >= 11 is 0. The number of ether oxygens (including phenoxy) is 2. The second-order valence-corrected chi connectivity index (χ2v) is 7.22. The summed E-state index contributed by atoms with van der Waals surface area (Å²) < 4.78 is 11.4. The predicted molar refractivity (Wildman–Crippen MR) is 82.8 cm³/mol. The van der Waals surface area contributed by atoms with Crippen LogP contribution in [0.3, 0.4) is 0 Å². The highest BCUT2D eigenvalue weighted by atomic mass is 16.6. The molecule has 6 nitrogen and oxygen atoms in total. The Bertz CT molecular complexity index is 663. The molecule has 1 amide bonds. The van der Waals surface area contributed by atoms with Crippen LogP contribution in [0.1, 0.15) is 44.0 Å². The van der Waals surface area contributed by atoms with Crippen LogP contribution >= 0.6 is 0 Å². The van der Waals surface area contributed by atoms with Crippen LogP contribution in [0.5, 0.6) is 11.5 Å². The van der Waals surface area contributed by atoms with Crippen molar-refractivity contribution in [1.82, 2.24) is 4.90 Å². The van der Waals surface area contributed by atoms with Gasteiger partial charge in [-0.2, -0.15) is 0 Å². The monoisotopic (exact) mass is 319 g/mol. The molecule has 0 radical (unpaired) electrons. The van der Waals surface area contributed by atoms with Gasteiger partial charge in [-0.25, -0.2) is 4.79 Å². The van der Waals surface area contributed by atoms with E-state index in [2.05, 4.69) is 0 Å². The molecule has 1 atom stereocenters. The Morgan fingerprint density at radius 3 is 2.83 bits per heavy atom. The molecular formula is C17H21NO5. The van der Waals surface area contributed by atoms with E-state index in [0.717, 1.165) is 0 Å². The molecule has 1 N–H and O–H groups in total. The third-order valence-electron chi connectivity index (χ3n) is 4.04. The van der Waals surface area contributed by atoms with E-state index in [1.54, 1.807) is 11.0 Å². The Hall–Kier alpha value is -2.24. The lowest BCUT2D eigenvalue weighted by atomic mass is 9.89. The quantitative estimate of drug-likeness (QED) is 0.795. The highest BCUT2D eigenvalue weighted by molar-refractivity contribution is 6.00. The van der Waals surface area contributed by atoms with Gasteiger partial charge in [0.1, 0.15) is 22.7 Å². The number of phenols is 1. The van der Waals surface area contributed by atoms with Crippen LogP contribution in [0.25, 0.3) is 0 Å². The molecule has 0 unspecified atom stereocenters. The van der Waals surface area contributed by atoms with Gasteiger partial charge in [-0.15, -0.1) is 0 Å². The van der Waals surface area contributed by atoms with Crippen molar-refractivity contribution >= 4 is 11.9 Å². The normalized spacial score (nSPS) is 23.6. The van der Waals surface area contributed by atoms with Crippen LogP contribution in [-0.4, -0.2) is 46.2 Å². The van der Waals surface area contributed by atoms with E-state index in [0.29, 0.717) is 30.8 Å². The fourth-order valence-electron chi connectivity index (χ4n) is 3.04. The zero-order valence-corrected chi connectivity index (χ0v) is 13.6. The van der Waals surface area contributed by atoms with E-state index in [1.807, 2.05) is 20.8 Å². The Balaban J connectivity index is 1.78. The molecule has 1 aromatic carbocycles. The summed E-state index contributed by atoms with van der Waals surface area (Å²) in [7, 11) is 0. The molecule has 1 saturated heterocycles. The second kappa shape index (κ2) is 5.15. The molecule has 0 saturated carbocycles. The number of benzene rings is 1. The molecule has 0 aliphatic carbocycles. The zero-order valence-electron chi connectivity index (χ0n) is 13.6. The molecule has 3 rings (SSSR count). The van der Waals surface area contributed by atoms with E-state index >= 15 is 0 Å². The highest BCUT2D eigenvalue weighted by Gasteiger charge is 2.47. The summed E-state index contributed by atoms with van der Waals surface area (Å²) in [5.41, 5.74) is -0.812. The molecule has 2 heterocycles. The fraction of sp³-hybridized carbons (Fsp3) is 0.529. The van der Waals surface area contributed by atoms with Gasteiger partial charge in [0.25, 0.3) is 0 Å². The van der Waals surface area contributed by atoms with E-state index in [9.17, 15) is 14.7 Å². The summed E-state index contributed by atoms with van der Waals surface area (Å²) in [5, 5.41) is 9.60. The maximum atomic E-state index is 12.4. The van der Waals surface area contributed by atoms with Crippen LogP contribution < -0.4 is 4.74 Å². The lowest BCUT2D eigenvalue weighted by Gasteiger charge is -2.34. The number of hydrogen-bond donors (Lipinski definition) is 1. The molecule has 1 aromatic rings. The van der Waals surface area contributed by atoms with Crippen LogP contribution in [-0.2, 0) is 4.74 Å². The van der Waals surface area contributed by atoms with Gasteiger partial charge in [-0.3, -0.25) is 4.79 Å². The molecular weight excluding hydrogens is 298 g/mol. The zero-order chi connectivity index (χ0) is 16.8.